The highest BCUT2D eigenvalue weighted by atomic mass is 16.5. The molecule has 1 atom stereocenters. The van der Waals surface area contributed by atoms with E-state index in [0.717, 1.165) is 19.5 Å². The van der Waals surface area contributed by atoms with E-state index < -0.39 is 0 Å². The lowest BCUT2D eigenvalue weighted by atomic mass is 10.2. The van der Waals surface area contributed by atoms with Gasteiger partial charge in [0.2, 0.25) is 11.8 Å². The van der Waals surface area contributed by atoms with E-state index in [1.807, 2.05) is 4.57 Å². The van der Waals surface area contributed by atoms with Gasteiger partial charge in [-0.2, -0.15) is 4.98 Å². The summed E-state index contributed by atoms with van der Waals surface area (Å²) in [6.07, 6.45) is 2.59. The fraction of sp³-hybridized carbons (Fsp3) is 0.615. The molecule has 0 aromatic carbocycles. The number of anilines is 1. The van der Waals surface area contributed by atoms with Gasteiger partial charge >= 0.3 is 0 Å². The summed E-state index contributed by atoms with van der Waals surface area (Å²) in [5.41, 5.74) is 7.31. The first-order chi connectivity index (χ1) is 9.58. The molecule has 0 radical (unpaired) electrons. The molecule has 7 nitrogen and oxygen atoms in total. The normalized spacial score (nSPS) is 13.1. The van der Waals surface area contributed by atoms with Crippen LogP contribution in [0.1, 0.15) is 20.3 Å². The topological polar surface area (TPSA) is 82.1 Å². The molecule has 110 valence electrons. The van der Waals surface area contributed by atoms with E-state index >= 15 is 0 Å². The van der Waals surface area contributed by atoms with Crippen LogP contribution in [-0.2, 0) is 6.54 Å². The predicted molar refractivity (Wildman–Crippen MR) is 78.7 cm³/mol. The molecule has 7 heteroatoms. The van der Waals surface area contributed by atoms with Crippen molar-refractivity contribution in [1.82, 2.24) is 24.4 Å². The van der Waals surface area contributed by atoms with Gasteiger partial charge in [0.1, 0.15) is 6.33 Å². The second kappa shape index (κ2) is 6.04. The highest BCUT2D eigenvalue weighted by molar-refractivity contribution is 5.78. The monoisotopic (exact) mass is 278 g/mol. The van der Waals surface area contributed by atoms with Crippen molar-refractivity contribution in [1.29, 1.82) is 0 Å². The molecule has 0 aliphatic carbocycles. The van der Waals surface area contributed by atoms with E-state index in [-0.39, 0.29) is 0 Å². The summed E-state index contributed by atoms with van der Waals surface area (Å²) in [7, 11) is 3.67. The van der Waals surface area contributed by atoms with Crippen LogP contribution >= 0.6 is 0 Å². The van der Waals surface area contributed by atoms with Gasteiger partial charge in [-0.25, -0.2) is 9.97 Å². The van der Waals surface area contributed by atoms with E-state index in [4.69, 9.17) is 10.5 Å². The number of hydrogen-bond donors (Lipinski definition) is 1. The van der Waals surface area contributed by atoms with E-state index in [2.05, 4.69) is 40.7 Å². The van der Waals surface area contributed by atoms with Crippen molar-refractivity contribution >= 4 is 17.1 Å². The van der Waals surface area contributed by atoms with Crippen LogP contribution in [-0.4, -0.2) is 51.2 Å². The average Bonchev–Trinajstić information content (AvgIpc) is 2.79. The number of methoxy groups -OCH3 is 1. The summed E-state index contributed by atoms with van der Waals surface area (Å²) in [4.78, 5) is 14.9. The quantitative estimate of drug-likeness (QED) is 0.853. The highest BCUT2D eigenvalue weighted by Gasteiger charge is 2.15. The third-order valence-electron chi connectivity index (χ3n) is 3.74. The van der Waals surface area contributed by atoms with Crippen LogP contribution < -0.4 is 10.5 Å². The summed E-state index contributed by atoms with van der Waals surface area (Å²) in [6.45, 7) is 6.02. The Morgan fingerprint density at radius 3 is 2.85 bits per heavy atom. The van der Waals surface area contributed by atoms with Gasteiger partial charge in [0.25, 0.3) is 0 Å². The minimum absolute atomic E-state index is 0.441. The van der Waals surface area contributed by atoms with Crippen LogP contribution in [0, 0.1) is 0 Å². The molecule has 2 rings (SSSR count). The lowest BCUT2D eigenvalue weighted by Gasteiger charge is -2.23. The fourth-order valence-corrected chi connectivity index (χ4v) is 2.09. The van der Waals surface area contributed by atoms with Gasteiger partial charge < -0.3 is 15.4 Å². The standard InChI is InChI=1S/C13H22N6O/c1-5-9(2)18(3)6-7-19-11-10(17-13(19)14)12(20-4)16-8-15-11/h8-9H,5-7H2,1-4H3,(H2,14,17). The molecule has 0 saturated carbocycles. The van der Waals surface area contributed by atoms with Crippen molar-refractivity contribution in [3.8, 4) is 5.88 Å². The van der Waals surface area contributed by atoms with Gasteiger partial charge in [-0.3, -0.25) is 4.57 Å². The van der Waals surface area contributed by atoms with Crippen LogP contribution in [0.4, 0.5) is 5.95 Å². The minimum Gasteiger partial charge on any atom is -0.479 e. The summed E-state index contributed by atoms with van der Waals surface area (Å²) < 4.78 is 7.09. The van der Waals surface area contributed by atoms with Gasteiger partial charge in [0, 0.05) is 19.1 Å². The van der Waals surface area contributed by atoms with Crippen molar-refractivity contribution in [2.45, 2.75) is 32.9 Å². The Hall–Kier alpha value is -1.89. The Kier molecular flexibility index (Phi) is 4.39. The maximum absolute atomic E-state index is 5.98. The molecule has 0 saturated heterocycles. The summed E-state index contributed by atoms with van der Waals surface area (Å²) in [5, 5.41) is 0. The van der Waals surface area contributed by atoms with Crippen LogP contribution in [0.5, 0.6) is 5.88 Å². The van der Waals surface area contributed by atoms with Crippen LogP contribution in [0.15, 0.2) is 6.33 Å². The number of rotatable bonds is 6. The number of hydrogen-bond acceptors (Lipinski definition) is 6. The van der Waals surface area contributed by atoms with Crippen molar-refractivity contribution < 1.29 is 4.74 Å². The number of nitrogens with two attached hydrogens (primary N) is 1. The van der Waals surface area contributed by atoms with Gasteiger partial charge in [-0.1, -0.05) is 6.92 Å². The molecule has 0 fully saturated rings. The molecular formula is C13H22N6O. The molecule has 0 bridgehead atoms. The van der Waals surface area contributed by atoms with Gasteiger partial charge in [-0.15, -0.1) is 0 Å². The zero-order chi connectivity index (χ0) is 14.7. The van der Waals surface area contributed by atoms with Crippen molar-refractivity contribution in [3.63, 3.8) is 0 Å². The molecule has 20 heavy (non-hydrogen) atoms. The Morgan fingerprint density at radius 2 is 2.20 bits per heavy atom. The first kappa shape index (κ1) is 14.5. The van der Waals surface area contributed by atoms with Crippen molar-refractivity contribution in [3.05, 3.63) is 6.33 Å². The highest BCUT2D eigenvalue weighted by Crippen LogP contribution is 2.22. The third-order valence-corrected chi connectivity index (χ3v) is 3.74. The van der Waals surface area contributed by atoms with Crippen LogP contribution in [0.25, 0.3) is 11.2 Å². The Bertz CT molecular complexity index is 581. The second-order valence-corrected chi connectivity index (χ2v) is 4.91. The maximum Gasteiger partial charge on any atom is 0.245 e. The molecule has 2 N–H and O–H groups in total. The zero-order valence-corrected chi connectivity index (χ0v) is 12.5. The van der Waals surface area contributed by atoms with Crippen molar-refractivity contribution in [2.75, 3.05) is 26.4 Å². The third kappa shape index (κ3) is 2.67. The predicted octanol–water partition coefficient (Wildman–Crippen LogP) is 1.15. The number of imidazole rings is 1. The number of aromatic nitrogens is 4. The number of likely N-dealkylation sites (N-methyl/N-ethyl adjacent to an activating group) is 1. The molecule has 2 heterocycles. The first-order valence-corrected chi connectivity index (χ1v) is 6.79. The number of nitrogens with zero attached hydrogens (tertiary/aromatic N) is 5. The number of nitrogen functional groups attached to an aromatic ring is 1. The molecule has 0 aliphatic heterocycles. The molecule has 1 unspecified atom stereocenters. The maximum atomic E-state index is 5.98. The number of fused-ring (bicyclic) bond motifs is 1. The van der Waals surface area contributed by atoms with E-state index in [9.17, 15) is 0 Å². The van der Waals surface area contributed by atoms with E-state index in [1.54, 1.807) is 7.11 Å². The second-order valence-electron chi connectivity index (χ2n) is 4.91. The van der Waals surface area contributed by atoms with Gasteiger partial charge in [0.05, 0.1) is 7.11 Å². The minimum atomic E-state index is 0.441. The molecule has 0 aliphatic rings. The first-order valence-electron chi connectivity index (χ1n) is 6.79. The molecular weight excluding hydrogens is 256 g/mol. The lowest BCUT2D eigenvalue weighted by Crippen LogP contribution is -2.31. The van der Waals surface area contributed by atoms with Crippen LogP contribution in [0.3, 0.4) is 0 Å². The summed E-state index contributed by atoms with van der Waals surface area (Å²) >= 11 is 0. The fourth-order valence-electron chi connectivity index (χ4n) is 2.09. The van der Waals surface area contributed by atoms with Crippen molar-refractivity contribution in [2.24, 2.45) is 0 Å². The van der Waals surface area contributed by atoms with Gasteiger partial charge in [0.15, 0.2) is 11.2 Å². The molecule has 2 aromatic rings. The Labute approximate surface area is 118 Å². The zero-order valence-electron chi connectivity index (χ0n) is 12.5. The Balaban J connectivity index is 2.24. The van der Waals surface area contributed by atoms with Gasteiger partial charge in [-0.05, 0) is 20.4 Å². The number of ether oxygens (including phenoxy) is 1. The van der Waals surface area contributed by atoms with Crippen LogP contribution in [0.2, 0.25) is 0 Å². The van der Waals surface area contributed by atoms with E-state index in [0.29, 0.717) is 29.0 Å². The largest absolute Gasteiger partial charge is 0.479 e. The average molecular weight is 278 g/mol. The SMILES string of the molecule is CCC(C)N(C)CCn1c(N)nc2c(OC)ncnc21. The molecule has 2 aromatic heterocycles. The summed E-state index contributed by atoms with van der Waals surface area (Å²) in [6, 6.07) is 0.537. The smallest absolute Gasteiger partial charge is 0.245 e. The molecule has 0 amide bonds. The lowest BCUT2D eigenvalue weighted by molar-refractivity contribution is 0.244. The van der Waals surface area contributed by atoms with E-state index in [1.165, 1.54) is 6.33 Å². The summed E-state index contributed by atoms with van der Waals surface area (Å²) in [5.74, 6) is 0.895. The Morgan fingerprint density at radius 1 is 1.45 bits per heavy atom. The molecule has 0 spiro atoms.